The van der Waals surface area contributed by atoms with Gasteiger partial charge >= 0.3 is 0 Å². The van der Waals surface area contributed by atoms with E-state index in [0.29, 0.717) is 16.0 Å². The summed E-state index contributed by atoms with van der Waals surface area (Å²) in [7, 11) is 0. The number of hydrogen-bond donors (Lipinski definition) is 0. The standard InChI is InChI=1S/C13H14ClFN4S/c1-3-19(4-2)12-16-11(14)17-13(18-12)20-10-8-6-5-7-9(10)15/h5-8H,3-4H2,1-2H3. The van der Waals surface area contributed by atoms with E-state index in [1.807, 2.05) is 18.7 Å². The summed E-state index contributed by atoms with van der Waals surface area (Å²) in [5, 5.41) is 0.498. The Bertz CT molecular complexity index is 592. The van der Waals surface area contributed by atoms with Crippen molar-refractivity contribution in [3.05, 3.63) is 35.4 Å². The Balaban J connectivity index is 2.31. The van der Waals surface area contributed by atoms with Gasteiger partial charge in [0.15, 0.2) is 5.16 Å². The molecule has 4 nitrogen and oxygen atoms in total. The van der Waals surface area contributed by atoms with Gasteiger partial charge in [-0.1, -0.05) is 12.1 Å². The molecule has 1 heterocycles. The summed E-state index contributed by atoms with van der Waals surface area (Å²) in [6.45, 7) is 5.54. The molecule has 0 bridgehead atoms. The summed E-state index contributed by atoms with van der Waals surface area (Å²) < 4.78 is 13.6. The van der Waals surface area contributed by atoms with Gasteiger partial charge in [0.2, 0.25) is 11.2 Å². The van der Waals surface area contributed by atoms with Crippen molar-refractivity contribution in [2.24, 2.45) is 0 Å². The molecular weight excluding hydrogens is 299 g/mol. The fourth-order valence-electron chi connectivity index (χ4n) is 1.64. The fraction of sp³-hybridized carbons (Fsp3) is 0.308. The predicted octanol–water partition coefficient (Wildman–Crippen LogP) is 3.66. The first-order valence-electron chi connectivity index (χ1n) is 6.23. The Labute approximate surface area is 126 Å². The van der Waals surface area contributed by atoms with Crippen LogP contribution in [-0.4, -0.2) is 28.0 Å². The van der Waals surface area contributed by atoms with E-state index in [9.17, 15) is 4.39 Å². The summed E-state index contributed by atoms with van der Waals surface area (Å²) in [4.78, 5) is 14.9. The van der Waals surface area contributed by atoms with E-state index in [-0.39, 0.29) is 11.1 Å². The lowest BCUT2D eigenvalue weighted by atomic mass is 10.4. The van der Waals surface area contributed by atoms with Gasteiger partial charge in [0.05, 0.1) is 4.90 Å². The topological polar surface area (TPSA) is 41.9 Å². The van der Waals surface area contributed by atoms with Crippen molar-refractivity contribution in [2.45, 2.75) is 23.9 Å². The van der Waals surface area contributed by atoms with Crippen molar-refractivity contribution in [3.8, 4) is 0 Å². The van der Waals surface area contributed by atoms with Crippen LogP contribution in [0.25, 0.3) is 0 Å². The van der Waals surface area contributed by atoms with E-state index in [4.69, 9.17) is 11.6 Å². The minimum absolute atomic E-state index is 0.112. The molecule has 0 aliphatic rings. The second-order valence-electron chi connectivity index (χ2n) is 3.89. The molecule has 7 heteroatoms. The lowest BCUT2D eigenvalue weighted by molar-refractivity contribution is 0.601. The third-order valence-electron chi connectivity index (χ3n) is 2.66. The molecule has 0 fully saturated rings. The van der Waals surface area contributed by atoms with Crippen molar-refractivity contribution in [2.75, 3.05) is 18.0 Å². The minimum atomic E-state index is -0.307. The molecule has 0 N–H and O–H groups in total. The summed E-state index contributed by atoms with van der Waals surface area (Å²) >= 11 is 7.05. The summed E-state index contributed by atoms with van der Waals surface area (Å²) in [5.41, 5.74) is 0. The molecule has 0 unspecified atom stereocenters. The summed E-state index contributed by atoms with van der Waals surface area (Å²) in [6, 6.07) is 6.48. The molecule has 0 atom stereocenters. The molecule has 0 saturated heterocycles. The fourth-order valence-corrected chi connectivity index (χ4v) is 2.62. The Morgan fingerprint density at radius 1 is 1.15 bits per heavy atom. The lowest BCUT2D eigenvalue weighted by Gasteiger charge is -2.18. The van der Waals surface area contributed by atoms with E-state index >= 15 is 0 Å². The maximum Gasteiger partial charge on any atom is 0.230 e. The maximum absolute atomic E-state index is 13.6. The SMILES string of the molecule is CCN(CC)c1nc(Cl)nc(Sc2ccccc2F)n1. The number of halogens is 2. The number of aromatic nitrogens is 3. The second-order valence-corrected chi connectivity index (χ2v) is 5.24. The van der Waals surface area contributed by atoms with Gasteiger partial charge in [-0.25, -0.2) is 4.39 Å². The molecule has 0 aliphatic heterocycles. The molecule has 0 amide bonds. The van der Waals surface area contributed by atoms with E-state index in [1.54, 1.807) is 18.2 Å². The molecule has 0 aliphatic carbocycles. The lowest BCUT2D eigenvalue weighted by Crippen LogP contribution is -2.24. The van der Waals surface area contributed by atoms with Crippen molar-refractivity contribution in [1.82, 2.24) is 15.0 Å². The van der Waals surface area contributed by atoms with Crippen molar-refractivity contribution in [3.63, 3.8) is 0 Å². The maximum atomic E-state index is 13.6. The van der Waals surface area contributed by atoms with Crippen molar-refractivity contribution in [1.29, 1.82) is 0 Å². The zero-order valence-corrected chi connectivity index (χ0v) is 12.7. The molecule has 2 rings (SSSR count). The van der Waals surface area contributed by atoms with Crippen LogP contribution in [0.5, 0.6) is 0 Å². The van der Waals surface area contributed by atoms with E-state index < -0.39 is 0 Å². The monoisotopic (exact) mass is 312 g/mol. The number of nitrogens with zero attached hydrogens (tertiary/aromatic N) is 4. The van der Waals surface area contributed by atoms with Gasteiger partial charge in [0.1, 0.15) is 5.82 Å². The highest BCUT2D eigenvalue weighted by molar-refractivity contribution is 7.99. The van der Waals surface area contributed by atoms with Gasteiger partial charge in [-0.2, -0.15) is 15.0 Å². The first-order valence-corrected chi connectivity index (χ1v) is 7.42. The van der Waals surface area contributed by atoms with Crippen LogP contribution < -0.4 is 4.90 Å². The van der Waals surface area contributed by atoms with Gasteiger partial charge in [-0.3, -0.25) is 0 Å². The zero-order valence-electron chi connectivity index (χ0n) is 11.2. The van der Waals surface area contributed by atoms with Crippen LogP contribution in [0.4, 0.5) is 10.3 Å². The molecule has 2 aromatic rings. The van der Waals surface area contributed by atoms with Crippen LogP contribution in [0, 0.1) is 5.82 Å². The van der Waals surface area contributed by atoms with Crippen LogP contribution >= 0.6 is 23.4 Å². The van der Waals surface area contributed by atoms with Gasteiger partial charge in [0.25, 0.3) is 0 Å². The highest BCUT2D eigenvalue weighted by atomic mass is 35.5. The Hall–Kier alpha value is -1.40. The van der Waals surface area contributed by atoms with Gasteiger partial charge in [-0.05, 0) is 49.3 Å². The van der Waals surface area contributed by atoms with Crippen LogP contribution in [0.1, 0.15) is 13.8 Å². The van der Waals surface area contributed by atoms with E-state index in [0.717, 1.165) is 24.9 Å². The molecule has 1 aromatic carbocycles. The van der Waals surface area contributed by atoms with Crippen LogP contribution in [-0.2, 0) is 0 Å². The largest absolute Gasteiger partial charge is 0.341 e. The zero-order chi connectivity index (χ0) is 14.5. The predicted molar refractivity (Wildman–Crippen MR) is 78.9 cm³/mol. The van der Waals surface area contributed by atoms with Crippen LogP contribution in [0.3, 0.4) is 0 Å². The highest BCUT2D eigenvalue weighted by Gasteiger charge is 2.12. The van der Waals surface area contributed by atoms with Gasteiger partial charge < -0.3 is 4.90 Å². The van der Waals surface area contributed by atoms with Crippen LogP contribution in [0.15, 0.2) is 34.3 Å². The first-order chi connectivity index (χ1) is 9.63. The van der Waals surface area contributed by atoms with E-state index in [2.05, 4.69) is 15.0 Å². The minimum Gasteiger partial charge on any atom is -0.341 e. The van der Waals surface area contributed by atoms with E-state index in [1.165, 1.54) is 6.07 Å². The third-order valence-corrected chi connectivity index (χ3v) is 3.75. The quantitative estimate of drug-likeness (QED) is 0.842. The van der Waals surface area contributed by atoms with Gasteiger partial charge in [-0.15, -0.1) is 0 Å². The normalized spacial score (nSPS) is 10.6. The number of anilines is 1. The smallest absolute Gasteiger partial charge is 0.230 e. The molecule has 0 saturated carbocycles. The highest BCUT2D eigenvalue weighted by Crippen LogP contribution is 2.28. The molecule has 20 heavy (non-hydrogen) atoms. The Morgan fingerprint density at radius 2 is 1.85 bits per heavy atom. The average molecular weight is 313 g/mol. The van der Waals surface area contributed by atoms with Gasteiger partial charge in [0, 0.05) is 13.1 Å². The molecule has 1 aromatic heterocycles. The van der Waals surface area contributed by atoms with Crippen molar-refractivity contribution >= 4 is 29.3 Å². The van der Waals surface area contributed by atoms with Crippen LogP contribution in [0.2, 0.25) is 5.28 Å². The molecular formula is C13H14ClFN4S. The number of rotatable bonds is 5. The average Bonchev–Trinajstić information content (AvgIpc) is 2.42. The molecule has 0 spiro atoms. The Morgan fingerprint density at radius 3 is 2.50 bits per heavy atom. The Kier molecular flexibility index (Phi) is 5.14. The van der Waals surface area contributed by atoms with Crippen molar-refractivity contribution < 1.29 is 4.39 Å². The molecule has 0 radical (unpaired) electrons. The summed E-state index contributed by atoms with van der Waals surface area (Å²) in [6.07, 6.45) is 0. The number of hydrogen-bond acceptors (Lipinski definition) is 5. The first kappa shape index (κ1) is 15.0. The molecule has 106 valence electrons. The number of benzene rings is 1. The third kappa shape index (κ3) is 3.58. The summed E-state index contributed by atoms with van der Waals surface area (Å²) in [5.74, 6) is 0.201. The second kappa shape index (κ2) is 6.85.